The summed E-state index contributed by atoms with van der Waals surface area (Å²) in [5, 5.41) is 5.70. The number of hydrogen-bond donors (Lipinski definition) is 2. The highest BCUT2D eigenvalue weighted by molar-refractivity contribution is 5.69. The quantitative estimate of drug-likeness (QED) is 0.671. The molecule has 0 spiro atoms. The summed E-state index contributed by atoms with van der Waals surface area (Å²) < 4.78 is 9.73. The van der Waals surface area contributed by atoms with Gasteiger partial charge in [-0.15, -0.1) is 0 Å². The van der Waals surface area contributed by atoms with Crippen molar-refractivity contribution in [3.05, 3.63) is 0 Å². The molecule has 18 heavy (non-hydrogen) atoms. The Bertz CT molecular complexity index is 399. The van der Waals surface area contributed by atoms with E-state index < -0.39 is 0 Å². The predicted molar refractivity (Wildman–Crippen MR) is 65.7 cm³/mol. The van der Waals surface area contributed by atoms with Crippen LogP contribution in [0.1, 0.15) is 13.3 Å². The summed E-state index contributed by atoms with van der Waals surface area (Å²) in [6.07, 6.45) is 0.237. The number of rotatable bonds is 7. The molecule has 0 amide bonds. The molecule has 8 nitrogen and oxygen atoms in total. The lowest BCUT2D eigenvalue weighted by molar-refractivity contribution is -0.140. The fourth-order valence-electron chi connectivity index (χ4n) is 1.12. The smallest absolute Gasteiger partial charge is 0.323 e. The van der Waals surface area contributed by atoms with E-state index in [1.807, 2.05) is 6.92 Å². The van der Waals surface area contributed by atoms with Crippen LogP contribution in [0.2, 0.25) is 0 Å². The highest BCUT2D eigenvalue weighted by Crippen LogP contribution is 2.10. The van der Waals surface area contributed by atoms with Crippen molar-refractivity contribution in [3.63, 3.8) is 0 Å². The number of hydrogen-bond acceptors (Lipinski definition) is 8. The largest absolute Gasteiger partial charge is 0.469 e. The number of nitrogens with zero attached hydrogens (tertiary/aromatic N) is 3. The van der Waals surface area contributed by atoms with Gasteiger partial charge in [0.05, 0.1) is 20.1 Å². The van der Waals surface area contributed by atoms with Crippen LogP contribution in [0.15, 0.2) is 0 Å². The van der Waals surface area contributed by atoms with Gasteiger partial charge in [0, 0.05) is 13.6 Å². The van der Waals surface area contributed by atoms with Crippen LogP contribution in [-0.2, 0) is 9.53 Å². The van der Waals surface area contributed by atoms with Crippen molar-refractivity contribution in [1.82, 2.24) is 15.0 Å². The first-order chi connectivity index (χ1) is 8.69. The number of anilines is 2. The lowest BCUT2D eigenvalue weighted by atomic mass is 10.4. The van der Waals surface area contributed by atoms with E-state index >= 15 is 0 Å². The highest BCUT2D eigenvalue weighted by atomic mass is 16.5. The first kappa shape index (κ1) is 13.9. The van der Waals surface area contributed by atoms with Gasteiger partial charge in [0.25, 0.3) is 0 Å². The summed E-state index contributed by atoms with van der Waals surface area (Å²) >= 11 is 0. The third kappa shape index (κ3) is 4.40. The SMILES string of the molecule is CCOc1nc(NC)nc(NCCC(=O)OC)n1. The van der Waals surface area contributed by atoms with E-state index in [2.05, 4.69) is 30.3 Å². The number of carbonyl (C=O) groups excluding carboxylic acids is 1. The Kier molecular flexibility index (Phi) is 5.62. The number of ether oxygens (including phenoxy) is 2. The van der Waals surface area contributed by atoms with Crippen LogP contribution in [0.5, 0.6) is 6.01 Å². The lowest BCUT2D eigenvalue weighted by Crippen LogP contribution is -2.13. The molecule has 8 heteroatoms. The Morgan fingerprint density at radius 2 is 2.00 bits per heavy atom. The molecule has 1 aromatic rings. The molecule has 0 radical (unpaired) electrons. The Labute approximate surface area is 105 Å². The average Bonchev–Trinajstić information content (AvgIpc) is 2.38. The maximum atomic E-state index is 10.9. The predicted octanol–water partition coefficient (Wildman–Crippen LogP) is 0.287. The zero-order chi connectivity index (χ0) is 13.4. The van der Waals surface area contributed by atoms with E-state index in [-0.39, 0.29) is 18.4 Å². The van der Waals surface area contributed by atoms with Crippen molar-refractivity contribution in [2.75, 3.05) is 37.9 Å². The number of nitrogens with one attached hydrogen (secondary N) is 2. The molecule has 1 heterocycles. The van der Waals surface area contributed by atoms with E-state index in [4.69, 9.17) is 4.74 Å². The Balaban J connectivity index is 2.63. The van der Waals surface area contributed by atoms with Crippen LogP contribution in [0.4, 0.5) is 11.9 Å². The van der Waals surface area contributed by atoms with E-state index in [0.717, 1.165) is 0 Å². The zero-order valence-corrected chi connectivity index (χ0v) is 10.7. The van der Waals surface area contributed by atoms with Gasteiger partial charge in [0.1, 0.15) is 0 Å². The monoisotopic (exact) mass is 255 g/mol. The molecule has 0 saturated heterocycles. The second-order valence-electron chi connectivity index (χ2n) is 3.20. The molecule has 0 aliphatic rings. The van der Waals surface area contributed by atoms with Crippen molar-refractivity contribution in [2.45, 2.75) is 13.3 Å². The normalized spacial score (nSPS) is 9.72. The first-order valence-electron chi connectivity index (χ1n) is 5.57. The van der Waals surface area contributed by atoms with Gasteiger partial charge in [0.2, 0.25) is 11.9 Å². The summed E-state index contributed by atoms with van der Waals surface area (Å²) in [6.45, 7) is 2.69. The summed E-state index contributed by atoms with van der Waals surface area (Å²) in [4.78, 5) is 23.1. The molecule has 0 aromatic carbocycles. The molecule has 0 aliphatic heterocycles. The summed E-state index contributed by atoms with van der Waals surface area (Å²) in [6, 6.07) is 0.234. The second kappa shape index (κ2) is 7.25. The van der Waals surface area contributed by atoms with Gasteiger partial charge in [0.15, 0.2) is 0 Å². The maximum absolute atomic E-state index is 10.9. The minimum atomic E-state index is -0.296. The van der Waals surface area contributed by atoms with Crippen molar-refractivity contribution < 1.29 is 14.3 Å². The standard InChI is InChI=1S/C10H17N5O3/c1-4-18-10-14-8(11-2)13-9(15-10)12-6-5-7(16)17-3/h4-6H2,1-3H3,(H2,11,12,13,14,15). The topological polar surface area (TPSA) is 98.3 Å². The van der Waals surface area contributed by atoms with E-state index in [1.54, 1.807) is 7.05 Å². The molecule has 0 bridgehead atoms. The van der Waals surface area contributed by atoms with E-state index in [0.29, 0.717) is 25.0 Å². The molecule has 0 saturated carbocycles. The van der Waals surface area contributed by atoms with Gasteiger partial charge in [-0.05, 0) is 6.92 Å². The summed E-state index contributed by atoms with van der Waals surface area (Å²) in [7, 11) is 3.04. The number of aromatic nitrogens is 3. The van der Waals surface area contributed by atoms with Crippen molar-refractivity contribution >= 4 is 17.9 Å². The molecule has 100 valence electrons. The molecule has 1 rings (SSSR count). The van der Waals surface area contributed by atoms with Crippen LogP contribution in [-0.4, -0.2) is 48.2 Å². The van der Waals surface area contributed by atoms with Gasteiger partial charge < -0.3 is 20.1 Å². The van der Waals surface area contributed by atoms with Crippen LogP contribution in [0, 0.1) is 0 Å². The number of esters is 1. The highest BCUT2D eigenvalue weighted by Gasteiger charge is 2.06. The van der Waals surface area contributed by atoms with Gasteiger partial charge in [-0.25, -0.2) is 0 Å². The Morgan fingerprint density at radius 3 is 2.61 bits per heavy atom. The van der Waals surface area contributed by atoms with Crippen molar-refractivity contribution in [1.29, 1.82) is 0 Å². The summed E-state index contributed by atoms with van der Waals surface area (Å²) in [5.74, 6) is 0.450. The Hall–Kier alpha value is -2.12. The molecule has 1 aromatic heterocycles. The second-order valence-corrected chi connectivity index (χ2v) is 3.20. The molecule has 0 atom stereocenters. The van der Waals surface area contributed by atoms with Crippen LogP contribution in [0.25, 0.3) is 0 Å². The fourth-order valence-corrected chi connectivity index (χ4v) is 1.12. The third-order valence-corrected chi connectivity index (χ3v) is 1.95. The number of carbonyl (C=O) groups is 1. The van der Waals surface area contributed by atoms with E-state index in [9.17, 15) is 4.79 Å². The van der Waals surface area contributed by atoms with Gasteiger partial charge >= 0.3 is 12.0 Å². The average molecular weight is 255 g/mol. The van der Waals surface area contributed by atoms with Crippen LogP contribution < -0.4 is 15.4 Å². The fraction of sp³-hybridized carbons (Fsp3) is 0.600. The van der Waals surface area contributed by atoms with Crippen LogP contribution in [0.3, 0.4) is 0 Å². The molecule has 0 fully saturated rings. The zero-order valence-electron chi connectivity index (χ0n) is 10.7. The van der Waals surface area contributed by atoms with Crippen molar-refractivity contribution in [2.24, 2.45) is 0 Å². The summed E-state index contributed by atoms with van der Waals surface area (Å²) in [5.41, 5.74) is 0. The minimum Gasteiger partial charge on any atom is -0.469 e. The van der Waals surface area contributed by atoms with Gasteiger partial charge in [-0.2, -0.15) is 15.0 Å². The van der Waals surface area contributed by atoms with Gasteiger partial charge in [-0.1, -0.05) is 0 Å². The third-order valence-electron chi connectivity index (χ3n) is 1.95. The maximum Gasteiger partial charge on any atom is 0.323 e. The molecule has 2 N–H and O–H groups in total. The molecular weight excluding hydrogens is 238 g/mol. The lowest BCUT2D eigenvalue weighted by Gasteiger charge is -2.08. The van der Waals surface area contributed by atoms with Crippen molar-refractivity contribution in [3.8, 4) is 6.01 Å². The Morgan fingerprint density at radius 1 is 1.28 bits per heavy atom. The molecule has 0 unspecified atom stereocenters. The number of methoxy groups -OCH3 is 1. The molecular formula is C10H17N5O3. The first-order valence-corrected chi connectivity index (χ1v) is 5.57. The van der Waals surface area contributed by atoms with E-state index in [1.165, 1.54) is 7.11 Å². The molecule has 0 aliphatic carbocycles. The minimum absolute atomic E-state index is 0.234. The van der Waals surface area contributed by atoms with Crippen LogP contribution >= 0.6 is 0 Å². The van der Waals surface area contributed by atoms with Gasteiger partial charge in [-0.3, -0.25) is 4.79 Å².